The Kier molecular flexibility index (Phi) is 4.24. The first-order valence-corrected chi connectivity index (χ1v) is 8.45. The fourth-order valence-electron chi connectivity index (χ4n) is 2.25. The normalized spacial score (nSPS) is 17.4. The Labute approximate surface area is 126 Å². The van der Waals surface area contributed by atoms with Crippen LogP contribution in [0.25, 0.3) is 10.2 Å². The summed E-state index contributed by atoms with van der Waals surface area (Å²) >= 11 is 3.23. The second kappa shape index (κ2) is 6.11. The number of para-hydroxylation sites is 1. The number of amides is 1. The van der Waals surface area contributed by atoms with E-state index in [4.69, 9.17) is 0 Å². The number of hydrogen-bond acceptors (Lipinski definition) is 5. The first-order chi connectivity index (χ1) is 9.74. The Bertz CT molecular complexity index is 574. The van der Waals surface area contributed by atoms with Crippen LogP contribution >= 0.6 is 23.1 Å². The van der Waals surface area contributed by atoms with Gasteiger partial charge in [-0.15, -0.1) is 11.3 Å². The topological polar surface area (TPSA) is 45.2 Å². The minimum Gasteiger partial charge on any atom is -0.339 e. The van der Waals surface area contributed by atoms with Gasteiger partial charge in [0.25, 0.3) is 0 Å². The third kappa shape index (κ3) is 2.97. The molecule has 0 radical (unpaired) electrons. The number of rotatable bonds is 3. The van der Waals surface area contributed by atoms with Gasteiger partial charge >= 0.3 is 0 Å². The molecule has 1 atom stereocenters. The van der Waals surface area contributed by atoms with E-state index >= 15 is 0 Å². The number of thiazole rings is 1. The lowest BCUT2D eigenvalue weighted by molar-refractivity contribution is -0.130. The molecule has 1 saturated heterocycles. The number of piperazine rings is 1. The van der Waals surface area contributed by atoms with Gasteiger partial charge in [0.15, 0.2) is 4.34 Å². The summed E-state index contributed by atoms with van der Waals surface area (Å²) in [6.07, 6.45) is 0. The molecule has 1 aromatic heterocycles. The summed E-state index contributed by atoms with van der Waals surface area (Å²) in [5.74, 6) is 0.218. The number of nitrogens with zero attached hydrogens (tertiary/aromatic N) is 2. The Hall–Kier alpha value is -1.11. The number of fused-ring (bicyclic) bond motifs is 1. The van der Waals surface area contributed by atoms with Crippen LogP contribution in [0.4, 0.5) is 0 Å². The van der Waals surface area contributed by atoms with Crippen molar-refractivity contribution < 1.29 is 4.79 Å². The Morgan fingerprint density at radius 1 is 1.40 bits per heavy atom. The zero-order valence-electron chi connectivity index (χ0n) is 11.3. The van der Waals surface area contributed by atoms with Crippen molar-refractivity contribution in [2.75, 3.05) is 26.2 Å². The molecule has 1 amide bonds. The van der Waals surface area contributed by atoms with E-state index in [9.17, 15) is 4.79 Å². The van der Waals surface area contributed by atoms with Crippen LogP contribution in [-0.2, 0) is 4.79 Å². The van der Waals surface area contributed by atoms with Crippen molar-refractivity contribution in [2.24, 2.45) is 0 Å². The van der Waals surface area contributed by atoms with Crippen LogP contribution in [0.5, 0.6) is 0 Å². The molecule has 0 aliphatic carbocycles. The minimum atomic E-state index is -0.0753. The minimum absolute atomic E-state index is 0.0753. The van der Waals surface area contributed by atoms with Gasteiger partial charge in [0.05, 0.1) is 15.5 Å². The first kappa shape index (κ1) is 13.9. The van der Waals surface area contributed by atoms with Gasteiger partial charge in [0.2, 0.25) is 5.91 Å². The SMILES string of the molecule is CC(Sc1nc2ccccc2s1)C(=O)N1CCNCC1. The summed E-state index contributed by atoms with van der Waals surface area (Å²) in [7, 11) is 0. The highest BCUT2D eigenvalue weighted by molar-refractivity contribution is 8.02. The van der Waals surface area contributed by atoms with Gasteiger partial charge in [-0.1, -0.05) is 23.9 Å². The number of aromatic nitrogens is 1. The molecule has 1 fully saturated rings. The highest BCUT2D eigenvalue weighted by Gasteiger charge is 2.23. The molecule has 6 heteroatoms. The van der Waals surface area contributed by atoms with Crippen LogP contribution in [-0.4, -0.2) is 47.2 Å². The Morgan fingerprint density at radius 2 is 2.15 bits per heavy atom. The molecule has 1 unspecified atom stereocenters. The molecule has 0 saturated carbocycles. The summed E-state index contributed by atoms with van der Waals surface area (Å²) in [5, 5.41) is 3.19. The molecule has 1 aliphatic rings. The number of nitrogens with one attached hydrogen (secondary N) is 1. The maximum Gasteiger partial charge on any atom is 0.235 e. The molecule has 2 heterocycles. The van der Waals surface area contributed by atoms with Crippen LogP contribution in [0.2, 0.25) is 0 Å². The summed E-state index contributed by atoms with van der Waals surface area (Å²) < 4.78 is 2.15. The van der Waals surface area contributed by atoms with Crippen molar-refractivity contribution in [3.05, 3.63) is 24.3 Å². The van der Waals surface area contributed by atoms with Crippen molar-refractivity contribution >= 4 is 39.2 Å². The lowest BCUT2D eigenvalue weighted by Gasteiger charge is -2.29. The van der Waals surface area contributed by atoms with Crippen LogP contribution in [0.3, 0.4) is 0 Å². The lowest BCUT2D eigenvalue weighted by Crippen LogP contribution is -2.48. The first-order valence-electron chi connectivity index (χ1n) is 6.76. The number of hydrogen-bond donors (Lipinski definition) is 1. The highest BCUT2D eigenvalue weighted by Crippen LogP contribution is 2.32. The van der Waals surface area contributed by atoms with Crippen molar-refractivity contribution in [3.8, 4) is 0 Å². The zero-order valence-corrected chi connectivity index (χ0v) is 13.0. The standard InChI is InChI=1S/C14H17N3OS2/c1-10(13(18)17-8-6-15-7-9-17)19-14-16-11-4-2-3-5-12(11)20-14/h2-5,10,15H,6-9H2,1H3. The predicted molar refractivity (Wildman–Crippen MR) is 84.4 cm³/mol. The van der Waals surface area contributed by atoms with Gasteiger partial charge in [0.1, 0.15) is 0 Å². The molecule has 1 aromatic carbocycles. The summed E-state index contributed by atoms with van der Waals surface area (Å²) in [6, 6.07) is 8.09. The lowest BCUT2D eigenvalue weighted by atomic mass is 10.3. The van der Waals surface area contributed by atoms with E-state index in [1.807, 2.05) is 30.0 Å². The monoisotopic (exact) mass is 307 g/mol. The van der Waals surface area contributed by atoms with Crippen molar-refractivity contribution in [1.29, 1.82) is 0 Å². The molecule has 106 valence electrons. The van der Waals surface area contributed by atoms with Gasteiger partial charge in [0, 0.05) is 26.2 Å². The molecule has 1 aliphatic heterocycles. The van der Waals surface area contributed by atoms with E-state index in [2.05, 4.69) is 16.4 Å². The van der Waals surface area contributed by atoms with E-state index in [0.29, 0.717) is 0 Å². The highest BCUT2D eigenvalue weighted by atomic mass is 32.2. The molecule has 4 nitrogen and oxygen atoms in total. The van der Waals surface area contributed by atoms with Crippen molar-refractivity contribution in [2.45, 2.75) is 16.5 Å². The van der Waals surface area contributed by atoms with Crippen LogP contribution in [0, 0.1) is 0 Å². The van der Waals surface area contributed by atoms with Gasteiger partial charge in [-0.2, -0.15) is 0 Å². The maximum atomic E-state index is 12.4. The van der Waals surface area contributed by atoms with Gasteiger partial charge in [-0.05, 0) is 19.1 Å². The Balaban J connectivity index is 1.68. The van der Waals surface area contributed by atoms with Crippen LogP contribution in [0.15, 0.2) is 28.6 Å². The van der Waals surface area contributed by atoms with Gasteiger partial charge in [-0.3, -0.25) is 4.79 Å². The van der Waals surface area contributed by atoms with E-state index in [0.717, 1.165) is 36.0 Å². The van der Waals surface area contributed by atoms with Gasteiger partial charge in [-0.25, -0.2) is 4.98 Å². The van der Waals surface area contributed by atoms with Crippen molar-refractivity contribution in [1.82, 2.24) is 15.2 Å². The maximum absolute atomic E-state index is 12.4. The number of carbonyl (C=O) groups excluding carboxylic acids is 1. The molecular formula is C14H17N3OS2. The molecule has 20 heavy (non-hydrogen) atoms. The molecule has 0 spiro atoms. The van der Waals surface area contributed by atoms with E-state index < -0.39 is 0 Å². The molecule has 2 aromatic rings. The molecule has 3 rings (SSSR count). The molecular weight excluding hydrogens is 290 g/mol. The second-order valence-electron chi connectivity index (χ2n) is 4.78. The third-order valence-electron chi connectivity index (χ3n) is 3.33. The Morgan fingerprint density at radius 3 is 2.90 bits per heavy atom. The van der Waals surface area contributed by atoms with Crippen LogP contribution in [0.1, 0.15) is 6.92 Å². The van der Waals surface area contributed by atoms with Crippen molar-refractivity contribution in [3.63, 3.8) is 0 Å². The van der Waals surface area contributed by atoms with Gasteiger partial charge < -0.3 is 10.2 Å². The average Bonchev–Trinajstić information content (AvgIpc) is 2.89. The number of carbonyl (C=O) groups is 1. The van der Waals surface area contributed by atoms with E-state index in [-0.39, 0.29) is 11.2 Å². The fourth-order valence-corrected chi connectivity index (χ4v) is 4.54. The van der Waals surface area contributed by atoms with E-state index in [1.165, 1.54) is 4.70 Å². The summed E-state index contributed by atoms with van der Waals surface area (Å²) in [4.78, 5) is 18.9. The summed E-state index contributed by atoms with van der Waals surface area (Å²) in [5.41, 5.74) is 1.02. The van der Waals surface area contributed by atoms with E-state index in [1.54, 1.807) is 23.1 Å². The number of thioether (sulfide) groups is 1. The largest absolute Gasteiger partial charge is 0.339 e. The molecule has 1 N–H and O–H groups in total. The second-order valence-corrected chi connectivity index (χ2v) is 7.40. The summed E-state index contributed by atoms with van der Waals surface area (Å²) in [6.45, 7) is 5.38. The van der Waals surface area contributed by atoms with Crippen LogP contribution < -0.4 is 5.32 Å². The average molecular weight is 307 g/mol. The molecule has 0 bridgehead atoms. The quantitative estimate of drug-likeness (QED) is 0.883. The zero-order chi connectivity index (χ0) is 13.9. The third-order valence-corrected chi connectivity index (χ3v) is 5.55. The predicted octanol–water partition coefficient (Wildman–Crippen LogP) is 2.21. The number of benzene rings is 1. The smallest absolute Gasteiger partial charge is 0.235 e. The fraction of sp³-hybridized carbons (Fsp3) is 0.429.